The maximum atomic E-state index is 9.94. The van der Waals surface area contributed by atoms with Crippen LogP contribution >= 0.6 is 0 Å². The zero-order chi connectivity index (χ0) is 15.5. The maximum Gasteiger partial charge on any atom is 0.161 e. The van der Waals surface area contributed by atoms with Gasteiger partial charge in [-0.3, -0.25) is 4.98 Å². The Hall–Kier alpha value is -2.01. The van der Waals surface area contributed by atoms with E-state index in [4.69, 9.17) is 0 Å². The number of hydrogen-bond donors (Lipinski definition) is 2. The number of rotatable bonds is 4. The van der Waals surface area contributed by atoms with Crippen LogP contribution in [0.25, 0.3) is 11.4 Å². The van der Waals surface area contributed by atoms with Gasteiger partial charge in [-0.25, -0.2) is 9.97 Å². The van der Waals surface area contributed by atoms with Gasteiger partial charge in [0.05, 0.1) is 6.10 Å². The number of aliphatic hydroxyl groups is 1. The van der Waals surface area contributed by atoms with E-state index in [-0.39, 0.29) is 6.10 Å². The SMILES string of the molecule is Cc1nc(-c2ccncc2)nc(NCC2CCCC2O)c1C. The van der Waals surface area contributed by atoms with Crippen molar-refractivity contribution in [3.63, 3.8) is 0 Å². The maximum absolute atomic E-state index is 9.94. The second-order valence-electron chi connectivity index (χ2n) is 5.98. The lowest BCUT2D eigenvalue weighted by molar-refractivity contribution is 0.138. The first-order chi connectivity index (χ1) is 10.6. The average molecular weight is 298 g/mol. The second kappa shape index (κ2) is 6.40. The second-order valence-corrected chi connectivity index (χ2v) is 5.98. The van der Waals surface area contributed by atoms with Crippen molar-refractivity contribution in [2.24, 2.45) is 5.92 Å². The standard InChI is InChI=1S/C17H22N4O/c1-11-12(2)20-17(13-6-8-18-9-7-13)21-16(11)19-10-14-4-3-5-15(14)22/h6-9,14-15,22H,3-5,10H2,1-2H3,(H,19,20,21). The zero-order valence-corrected chi connectivity index (χ0v) is 13.1. The van der Waals surface area contributed by atoms with Crippen LogP contribution in [0.2, 0.25) is 0 Å². The van der Waals surface area contributed by atoms with Gasteiger partial charge in [-0.15, -0.1) is 0 Å². The summed E-state index contributed by atoms with van der Waals surface area (Å²) in [6, 6.07) is 3.82. The van der Waals surface area contributed by atoms with Crippen LogP contribution in [0.5, 0.6) is 0 Å². The highest BCUT2D eigenvalue weighted by molar-refractivity contribution is 5.59. The summed E-state index contributed by atoms with van der Waals surface area (Å²) in [6.07, 6.45) is 6.41. The highest BCUT2D eigenvalue weighted by atomic mass is 16.3. The minimum absolute atomic E-state index is 0.185. The fourth-order valence-corrected chi connectivity index (χ4v) is 2.91. The van der Waals surface area contributed by atoms with Crippen molar-refractivity contribution in [1.82, 2.24) is 15.0 Å². The topological polar surface area (TPSA) is 70.9 Å². The van der Waals surface area contributed by atoms with E-state index >= 15 is 0 Å². The predicted molar refractivity (Wildman–Crippen MR) is 86.6 cm³/mol. The summed E-state index contributed by atoms with van der Waals surface area (Å²) in [5.74, 6) is 1.89. The Labute approximate surface area is 130 Å². The average Bonchev–Trinajstić information content (AvgIpc) is 2.95. The summed E-state index contributed by atoms with van der Waals surface area (Å²) in [7, 11) is 0. The number of aliphatic hydroxyl groups excluding tert-OH is 1. The first-order valence-corrected chi connectivity index (χ1v) is 7.82. The van der Waals surface area contributed by atoms with Crippen molar-refractivity contribution in [1.29, 1.82) is 0 Å². The molecule has 2 unspecified atom stereocenters. The Kier molecular flexibility index (Phi) is 4.34. The molecule has 5 nitrogen and oxygen atoms in total. The van der Waals surface area contributed by atoms with E-state index in [9.17, 15) is 5.11 Å². The first-order valence-electron chi connectivity index (χ1n) is 7.82. The number of hydrogen-bond acceptors (Lipinski definition) is 5. The van der Waals surface area contributed by atoms with Gasteiger partial charge in [-0.1, -0.05) is 6.42 Å². The molecule has 1 saturated carbocycles. The summed E-state index contributed by atoms with van der Waals surface area (Å²) >= 11 is 0. The van der Waals surface area contributed by atoms with E-state index in [0.29, 0.717) is 11.7 Å². The molecule has 1 aliphatic rings. The molecule has 22 heavy (non-hydrogen) atoms. The van der Waals surface area contributed by atoms with Gasteiger partial charge in [0.2, 0.25) is 0 Å². The van der Waals surface area contributed by atoms with Gasteiger partial charge < -0.3 is 10.4 Å². The Morgan fingerprint density at radius 2 is 1.95 bits per heavy atom. The molecular formula is C17H22N4O. The van der Waals surface area contributed by atoms with Gasteiger partial charge in [0, 0.05) is 41.7 Å². The fourth-order valence-electron chi connectivity index (χ4n) is 2.91. The molecule has 2 aromatic heterocycles. The fraction of sp³-hybridized carbons (Fsp3) is 0.471. The molecule has 116 valence electrons. The minimum Gasteiger partial charge on any atom is -0.393 e. The molecule has 1 aliphatic carbocycles. The molecule has 3 rings (SSSR count). The molecule has 0 amide bonds. The molecule has 1 fully saturated rings. The smallest absolute Gasteiger partial charge is 0.161 e. The van der Waals surface area contributed by atoms with Crippen molar-refractivity contribution in [3.8, 4) is 11.4 Å². The van der Waals surface area contributed by atoms with Crippen LogP contribution in [-0.2, 0) is 0 Å². The van der Waals surface area contributed by atoms with Gasteiger partial charge in [-0.2, -0.15) is 0 Å². The van der Waals surface area contributed by atoms with Gasteiger partial charge in [0.15, 0.2) is 5.82 Å². The highest BCUT2D eigenvalue weighted by Gasteiger charge is 2.25. The van der Waals surface area contributed by atoms with Crippen molar-refractivity contribution in [3.05, 3.63) is 35.8 Å². The van der Waals surface area contributed by atoms with Crippen molar-refractivity contribution in [2.75, 3.05) is 11.9 Å². The molecule has 0 aliphatic heterocycles. The molecule has 2 atom stereocenters. The molecule has 2 heterocycles. The summed E-state index contributed by atoms with van der Waals surface area (Å²) < 4.78 is 0. The molecule has 0 radical (unpaired) electrons. The Morgan fingerprint density at radius 1 is 1.18 bits per heavy atom. The minimum atomic E-state index is -0.185. The molecule has 2 N–H and O–H groups in total. The van der Waals surface area contributed by atoms with Crippen molar-refractivity contribution in [2.45, 2.75) is 39.2 Å². The lowest BCUT2D eigenvalue weighted by Crippen LogP contribution is -2.23. The van der Waals surface area contributed by atoms with E-state index in [1.807, 2.05) is 26.0 Å². The molecule has 0 saturated heterocycles. The van der Waals surface area contributed by atoms with Gasteiger partial charge >= 0.3 is 0 Å². The van der Waals surface area contributed by atoms with Crippen LogP contribution in [0.4, 0.5) is 5.82 Å². The molecule has 2 aromatic rings. The number of anilines is 1. The molecule has 0 spiro atoms. The van der Waals surface area contributed by atoms with Crippen molar-refractivity contribution >= 4 is 5.82 Å². The zero-order valence-electron chi connectivity index (χ0n) is 13.1. The largest absolute Gasteiger partial charge is 0.393 e. The monoisotopic (exact) mass is 298 g/mol. The van der Waals surface area contributed by atoms with E-state index < -0.39 is 0 Å². The Morgan fingerprint density at radius 3 is 2.64 bits per heavy atom. The van der Waals surface area contributed by atoms with Crippen LogP contribution in [0.3, 0.4) is 0 Å². The predicted octanol–water partition coefficient (Wildman–Crippen LogP) is 2.73. The number of nitrogens with one attached hydrogen (secondary N) is 1. The molecule has 0 aromatic carbocycles. The van der Waals surface area contributed by atoms with Crippen LogP contribution in [0, 0.1) is 19.8 Å². The van der Waals surface area contributed by atoms with Crippen LogP contribution in [-0.4, -0.2) is 32.7 Å². The van der Waals surface area contributed by atoms with Crippen LogP contribution < -0.4 is 5.32 Å². The first kappa shape index (κ1) is 14.9. The van der Waals surface area contributed by atoms with E-state index in [0.717, 1.165) is 48.4 Å². The molecule has 5 heteroatoms. The third-order valence-corrected chi connectivity index (χ3v) is 4.48. The van der Waals surface area contributed by atoms with E-state index in [2.05, 4.69) is 20.3 Å². The Bertz CT molecular complexity index is 645. The lowest BCUT2D eigenvalue weighted by atomic mass is 10.1. The quantitative estimate of drug-likeness (QED) is 0.908. The van der Waals surface area contributed by atoms with Gasteiger partial charge in [0.1, 0.15) is 5.82 Å². The molecular weight excluding hydrogens is 276 g/mol. The summed E-state index contributed by atoms with van der Waals surface area (Å²) in [4.78, 5) is 13.3. The van der Waals surface area contributed by atoms with Crippen molar-refractivity contribution < 1.29 is 5.11 Å². The lowest BCUT2D eigenvalue weighted by Gasteiger charge is -2.17. The number of aromatic nitrogens is 3. The van der Waals surface area contributed by atoms with Crippen LogP contribution in [0.1, 0.15) is 30.5 Å². The van der Waals surface area contributed by atoms with E-state index in [1.54, 1.807) is 12.4 Å². The van der Waals surface area contributed by atoms with Gasteiger partial charge in [0.25, 0.3) is 0 Å². The highest BCUT2D eigenvalue weighted by Crippen LogP contribution is 2.27. The Balaban J connectivity index is 1.82. The van der Waals surface area contributed by atoms with Gasteiger partial charge in [-0.05, 0) is 38.8 Å². The van der Waals surface area contributed by atoms with Crippen LogP contribution in [0.15, 0.2) is 24.5 Å². The third kappa shape index (κ3) is 3.09. The van der Waals surface area contributed by atoms with E-state index in [1.165, 1.54) is 0 Å². The molecule has 0 bridgehead atoms. The number of aryl methyl sites for hydroxylation is 1. The normalized spacial score (nSPS) is 21.0. The third-order valence-electron chi connectivity index (χ3n) is 4.48. The number of pyridine rings is 1. The summed E-state index contributed by atoms with van der Waals surface area (Å²) in [5, 5.41) is 13.4. The summed E-state index contributed by atoms with van der Waals surface area (Å²) in [6.45, 7) is 4.78. The number of nitrogens with zero attached hydrogens (tertiary/aromatic N) is 3. The summed E-state index contributed by atoms with van der Waals surface area (Å²) in [5.41, 5.74) is 2.99.